The summed E-state index contributed by atoms with van der Waals surface area (Å²) in [6, 6.07) is 10.9. The highest BCUT2D eigenvalue weighted by Gasteiger charge is 2.37. The Balaban J connectivity index is 2.01. The minimum absolute atomic E-state index is 0.369. The molecule has 0 saturated carbocycles. The second-order valence-electron chi connectivity index (χ2n) is 5.48. The third-order valence-corrected chi connectivity index (χ3v) is 5.95. The van der Waals surface area contributed by atoms with E-state index >= 15 is 0 Å². The van der Waals surface area contributed by atoms with Crippen LogP contribution in [-0.4, -0.2) is 21.9 Å². The summed E-state index contributed by atoms with van der Waals surface area (Å²) in [7, 11) is 4.17. The fourth-order valence-electron chi connectivity index (χ4n) is 3.38. The van der Waals surface area contributed by atoms with Gasteiger partial charge in [0.2, 0.25) is 0 Å². The molecule has 3 heterocycles. The predicted octanol–water partition coefficient (Wildman–Crippen LogP) is 3.44. The molecule has 3 nitrogen and oxygen atoms in total. The first kappa shape index (κ1) is 11.9. The van der Waals surface area contributed by atoms with E-state index in [1.807, 2.05) is 18.8 Å². The van der Waals surface area contributed by atoms with Crippen molar-refractivity contribution < 1.29 is 0 Å². The van der Waals surface area contributed by atoms with Gasteiger partial charge in [-0.15, -0.1) is 0 Å². The fraction of sp³-hybridized carbons (Fsp3) is 0.312. The number of hydrogen-bond acceptors (Lipinski definition) is 3. The van der Waals surface area contributed by atoms with Crippen molar-refractivity contribution in [3.63, 3.8) is 0 Å². The third-order valence-electron chi connectivity index (χ3n) is 4.45. The van der Waals surface area contributed by atoms with Gasteiger partial charge in [0.15, 0.2) is 0 Å². The maximum Gasteiger partial charge on any atom is 0.117 e. The number of para-hydroxylation sites is 1. The summed E-state index contributed by atoms with van der Waals surface area (Å²) < 4.78 is 2.30. The highest BCUT2D eigenvalue weighted by Crippen LogP contribution is 2.50. The zero-order valence-corrected chi connectivity index (χ0v) is 12.3. The molecular formula is C16H15N3S. The first-order chi connectivity index (χ1) is 9.70. The number of allylic oxidation sites excluding steroid dienone is 2. The first-order valence-corrected chi connectivity index (χ1v) is 7.67. The summed E-state index contributed by atoms with van der Waals surface area (Å²) in [5.41, 5.74) is 3.50. The van der Waals surface area contributed by atoms with Crippen LogP contribution >= 0.6 is 11.8 Å². The van der Waals surface area contributed by atoms with Gasteiger partial charge in [0.1, 0.15) is 11.8 Å². The van der Waals surface area contributed by atoms with Gasteiger partial charge in [-0.1, -0.05) is 30.0 Å². The lowest BCUT2D eigenvalue weighted by molar-refractivity contribution is 0.348. The van der Waals surface area contributed by atoms with Crippen LogP contribution in [0.2, 0.25) is 0 Å². The first-order valence-electron chi connectivity index (χ1n) is 6.79. The van der Waals surface area contributed by atoms with E-state index in [-0.39, 0.29) is 0 Å². The molecule has 0 amide bonds. The number of thioether (sulfide) groups is 1. The molecule has 20 heavy (non-hydrogen) atoms. The van der Waals surface area contributed by atoms with Gasteiger partial charge in [-0.05, 0) is 24.1 Å². The van der Waals surface area contributed by atoms with Gasteiger partial charge in [-0.2, -0.15) is 5.26 Å². The van der Waals surface area contributed by atoms with Crippen molar-refractivity contribution in [1.82, 2.24) is 9.47 Å². The second-order valence-corrected chi connectivity index (χ2v) is 6.65. The van der Waals surface area contributed by atoms with Gasteiger partial charge >= 0.3 is 0 Å². The molecule has 100 valence electrons. The normalized spacial score (nSPS) is 24.2. The maximum absolute atomic E-state index is 9.31. The van der Waals surface area contributed by atoms with E-state index in [1.54, 1.807) is 0 Å². The molecule has 0 fully saturated rings. The second kappa shape index (κ2) is 4.07. The van der Waals surface area contributed by atoms with Crippen molar-refractivity contribution in [3.8, 4) is 6.07 Å². The molecule has 4 rings (SSSR count). The van der Waals surface area contributed by atoms with E-state index in [1.165, 1.54) is 21.5 Å². The topological polar surface area (TPSA) is 32.0 Å². The number of nitriles is 1. The maximum atomic E-state index is 9.31. The van der Waals surface area contributed by atoms with Crippen molar-refractivity contribution >= 4 is 22.7 Å². The number of aryl methyl sites for hydroxylation is 1. The van der Waals surface area contributed by atoms with Crippen molar-refractivity contribution in [2.75, 3.05) is 7.05 Å². The van der Waals surface area contributed by atoms with E-state index in [0.29, 0.717) is 11.3 Å². The largest absolute Gasteiger partial charge is 0.354 e. The molecule has 0 saturated heterocycles. The molecule has 0 spiro atoms. The van der Waals surface area contributed by atoms with E-state index in [2.05, 4.69) is 52.9 Å². The molecule has 0 N–H and O–H groups in total. The average molecular weight is 281 g/mol. The standard InChI is InChI=1S/C16H15N3S/c1-18-11(9-17)7-10-8-14(18)20-16-15(10)12-5-3-4-6-13(12)19(16)2/h3-7,10,14H,8H2,1-2H3. The van der Waals surface area contributed by atoms with E-state index in [9.17, 15) is 5.26 Å². The number of rotatable bonds is 0. The lowest BCUT2D eigenvalue weighted by Crippen LogP contribution is -2.35. The monoisotopic (exact) mass is 281 g/mol. The minimum atomic E-state index is 0.369. The summed E-state index contributed by atoms with van der Waals surface area (Å²) in [5.74, 6) is 0.369. The molecule has 2 aromatic rings. The Kier molecular flexibility index (Phi) is 2.42. The average Bonchev–Trinajstić information content (AvgIpc) is 2.77. The molecule has 2 aliphatic rings. The van der Waals surface area contributed by atoms with Crippen LogP contribution in [0.25, 0.3) is 10.9 Å². The Morgan fingerprint density at radius 2 is 2.10 bits per heavy atom. The summed E-state index contributed by atoms with van der Waals surface area (Å²) in [4.78, 5) is 2.11. The van der Waals surface area contributed by atoms with Crippen molar-refractivity contribution in [2.45, 2.75) is 22.7 Å². The van der Waals surface area contributed by atoms with E-state index < -0.39 is 0 Å². The number of aromatic nitrogens is 1. The molecular weight excluding hydrogens is 266 g/mol. The lowest BCUT2D eigenvalue weighted by atomic mass is 9.91. The van der Waals surface area contributed by atoms with Gasteiger partial charge in [0.25, 0.3) is 0 Å². The highest BCUT2D eigenvalue weighted by atomic mass is 32.2. The van der Waals surface area contributed by atoms with E-state index in [4.69, 9.17) is 0 Å². The van der Waals surface area contributed by atoms with Crippen LogP contribution in [0.15, 0.2) is 41.1 Å². The van der Waals surface area contributed by atoms with Gasteiger partial charge < -0.3 is 9.47 Å². The Morgan fingerprint density at radius 1 is 1.30 bits per heavy atom. The Morgan fingerprint density at radius 3 is 2.90 bits per heavy atom. The van der Waals surface area contributed by atoms with E-state index in [0.717, 1.165) is 12.1 Å². The number of fused-ring (bicyclic) bond motifs is 6. The predicted molar refractivity (Wildman–Crippen MR) is 81.4 cm³/mol. The summed E-state index contributed by atoms with van der Waals surface area (Å²) in [6.45, 7) is 0. The highest BCUT2D eigenvalue weighted by molar-refractivity contribution is 8.00. The molecule has 2 bridgehead atoms. The van der Waals surface area contributed by atoms with Crippen molar-refractivity contribution in [2.24, 2.45) is 7.05 Å². The van der Waals surface area contributed by atoms with Crippen LogP contribution in [0.5, 0.6) is 0 Å². The van der Waals surface area contributed by atoms with Gasteiger partial charge in [-0.3, -0.25) is 0 Å². The number of hydrogen-bond donors (Lipinski definition) is 0. The van der Waals surface area contributed by atoms with Crippen LogP contribution < -0.4 is 0 Å². The van der Waals surface area contributed by atoms with Crippen LogP contribution in [0, 0.1) is 11.3 Å². The SMILES string of the molecule is CN1C(C#N)=CC2CC1Sc1c2c2ccccc2n1C. The molecule has 4 heteroatoms. The van der Waals surface area contributed by atoms with Gasteiger partial charge in [0.05, 0.1) is 10.4 Å². The van der Waals surface area contributed by atoms with Crippen LogP contribution in [-0.2, 0) is 7.05 Å². The molecule has 1 aromatic heterocycles. The quantitative estimate of drug-likeness (QED) is 0.741. The van der Waals surface area contributed by atoms with Crippen LogP contribution in [0.3, 0.4) is 0 Å². The van der Waals surface area contributed by atoms with Crippen LogP contribution in [0.4, 0.5) is 0 Å². The summed E-state index contributed by atoms with van der Waals surface area (Å²) in [6.07, 6.45) is 3.23. The van der Waals surface area contributed by atoms with Crippen molar-refractivity contribution in [3.05, 3.63) is 41.6 Å². The fourth-order valence-corrected chi connectivity index (χ4v) is 4.86. The Hall–Kier alpha value is -1.86. The van der Waals surface area contributed by atoms with Crippen molar-refractivity contribution in [1.29, 1.82) is 5.26 Å². The Bertz CT molecular complexity index is 781. The zero-order chi connectivity index (χ0) is 13.9. The molecule has 2 atom stereocenters. The Labute approximate surface area is 122 Å². The molecule has 2 unspecified atom stereocenters. The molecule has 1 aromatic carbocycles. The lowest BCUT2D eigenvalue weighted by Gasteiger charge is -2.39. The summed E-state index contributed by atoms with van der Waals surface area (Å²) >= 11 is 1.89. The number of nitrogens with zero attached hydrogens (tertiary/aromatic N) is 3. The molecule has 0 aliphatic carbocycles. The molecule has 0 radical (unpaired) electrons. The van der Waals surface area contributed by atoms with Crippen LogP contribution in [0.1, 0.15) is 17.9 Å². The zero-order valence-electron chi connectivity index (χ0n) is 11.5. The molecule has 2 aliphatic heterocycles. The van der Waals surface area contributed by atoms with Gasteiger partial charge in [0, 0.05) is 30.9 Å². The van der Waals surface area contributed by atoms with Gasteiger partial charge in [-0.25, -0.2) is 0 Å². The third kappa shape index (κ3) is 1.41. The number of benzene rings is 1. The summed E-state index contributed by atoms with van der Waals surface area (Å²) in [5, 5.41) is 12.4. The smallest absolute Gasteiger partial charge is 0.117 e. The minimum Gasteiger partial charge on any atom is -0.354 e.